The van der Waals surface area contributed by atoms with Gasteiger partial charge in [-0.25, -0.2) is 4.68 Å². The molecule has 0 N–H and O–H groups in total. The quantitative estimate of drug-likeness (QED) is 0.165. The molecule has 172 valence electrons. The Labute approximate surface area is 229 Å². The second-order valence-corrected chi connectivity index (χ2v) is 6.64. The molecular weight excluding hydrogens is 541 g/mol. The normalized spacial score (nSPS) is 9.53. The van der Waals surface area contributed by atoms with E-state index in [1.54, 1.807) is 0 Å². The van der Waals surface area contributed by atoms with Crippen LogP contribution in [-0.4, -0.2) is 17.8 Å². The van der Waals surface area contributed by atoms with Gasteiger partial charge in [0.15, 0.2) is 0 Å². The Kier molecular flexibility index (Phi) is 18.2. The predicted molar refractivity (Wildman–Crippen MR) is 111 cm³/mol. The van der Waals surface area contributed by atoms with Crippen LogP contribution in [0.2, 0.25) is 0 Å². The Morgan fingerprint density at radius 2 is 1.47 bits per heavy atom. The zero-order valence-corrected chi connectivity index (χ0v) is 25.1. The Bertz CT molecular complexity index is 960. The van der Waals surface area contributed by atoms with Crippen LogP contribution in [0.3, 0.4) is 0 Å². The molecule has 0 bridgehead atoms. The fourth-order valence-corrected chi connectivity index (χ4v) is 3.24. The number of azo groups is 1. The zero-order chi connectivity index (χ0) is 19.4. The van der Waals surface area contributed by atoms with E-state index in [1.165, 1.54) is 5.69 Å². The van der Waals surface area contributed by atoms with Gasteiger partial charge in [-0.3, -0.25) is 0 Å². The Balaban J connectivity index is -0.00000168. The number of aryl methyl sites for hydroxylation is 1. The minimum Gasteiger partial charge on any atom is -1.00 e. The van der Waals surface area contributed by atoms with E-state index in [4.69, 9.17) is 0 Å². The molecule has 3 aromatic rings. The number of hydrogen-bond acceptors (Lipinski definition) is 3. The van der Waals surface area contributed by atoms with Crippen LogP contribution in [0.1, 0.15) is 19.4 Å². The largest absolute Gasteiger partial charge is 2.00 e. The van der Waals surface area contributed by atoms with Gasteiger partial charge in [0.1, 0.15) is 12.7 Å². The summed E-state index contributed by atoms with van der Waals surface area (Å²) in [6, 6.07) is 18.7. The van der Waals surface area contributed by atoms with Crippen molar-refractivity contribution in [2.45, 2.75) is 20.8 Å². The van der Waals surface area contributed by atoms with Crippen LogP contribution < -0.4 is 59.2 Å². The molecule has 2 aromatic carbocycles. The van der Waals surface area contributed by atoms with Crippen LogP contribution >= 0.6 is 0 Å². The van der Waals surface area contributed by atoms with Gasteiger partial charge < -0.3 is 54.5 Å². The van der Waals surface area contributed by atoms with Crippen molar-refractivity contribution in [3.8, 4) is 11.3 Å². The molecule has 0 atom stereocenters. The smallest absolute Gasteiger partial charge is 1.00 e. The fourth-order valence-electron chi connectivity index (χ4n) is 3.24. The van der Waals surface area contributed by atoms with Crippen molar-refractivity contribution in [2.75, 3.05) is 18.0 Å². The summed E-state index contributed by atoms with van der Waals surface area (Å²) in [4.78, 5) is 2.33. The second kappa shape index (κ2) is 16.4. The number of hydrogen-bond donors (Lipinski definition) is 0. The predicted octanol–water partition coefficient (Wildman–Crippen LogP) is -6.90. The molecule has 5 nitrogen and oxygen atoms in total. The van der Waals surface area contributed by atoms with Gasteiger partial charge in [0.25, 0.3) is 0 Å². The molecule has 10 heteroatoms. The molecule has 1 heterocycles. The molecule has 0 aliphatic carbocycles. The van der Waals surface area contributed by atoms with E-state index >= 15 is 0 Å². The van der Waals surface area contributed by atoms with E-state index in [0.717, 1.165) is 41.4 Å². The molecule has 0 saturated heterocycles. The number of benzene rings is 2. The molecule has 32 heavy (non-hydrogen) atoms. The molecule has 0 fully saturated rings. The van der Waals surface area contributed by atoms with Crippen molar-refractivity contribution >= 4 is 17.2 Å². The summed E-state index contributed by atoms with van der Waals surface area (Å²) in [7, 11) is 4.03. The third kappa shape index (κ3) is 8.00. The summed E-state index contributed by atoms with van der Waals surface area (Å²) >= 11 is 0. The van der Waals surface area contributed by atoms with Crippen LogP contribution in [0.5, 0.6) is 0 Å². The van der Waals surface area contributed by atoms with Crippen molar-refractivity contribution in [3.05, 3.63) is 60.2 Å². The van der Waals surface area contributed by atoms with Gasteiger partial charge in [-0.2, -0.15) is 4.68 Å². The number of aromatic nitrogens is 2. The molecule has 0 radical (unpaired) electrons. The minimum atomic E-state index is 0. The average molecular weight is 570 g/mol. The van der Waals surface area contributed by atoms with Gasteiger partial charge in [0, 0.05) is 31.4 Å². The number of halogens is 4. The van der Waals surface area contributed by atoms with E-state index in [9.17, 15) is 0 Å². The number of rotatable bonds is 6. The Morgan fingerprint density at radius 3 is 2.00 bits per heavy atom. The number of anilines is 1. The summed E-state index contributed by atoms with van der Waals surface area (Å²) in [5.74, 6) is 0.823. The maximum Gasteiger partial charge on any atom is 2.00 e. The first-order chi connectivity index (χ1) is 13.0. The van der Waals surface area contributed by atoms with Gasteiger partial charge in [-0.05, 0) is 49.6 Å². The molecule has 0 aliphatic heterocycles. The third-order valence-electron chi connectivity index (χ3n) is 5.03. The van der Waals surface area contributed by atoms with E-state index in [-0.39, 0.29) is 69.1 Å². The molecule has 3 rings (SSSR count). The molecule has 1 aromatic heterocycles. The molecular formula is C22H28Cl4N5Zn-. The monoisotopic (exact) mass is 566 g/mol. The maximum absolute atomic E-state index is 4.51. The molecule has 0 aliphatic rings. The minimum absolute atomic E-state index is 0. The van der Waals surface area contributed by atoms with E-state index in [0.29, 0.717) is 0 Å². The Morgan fingerprint density at radius 1 is 0.875 bits per heavy atom. The standard InChI is InChI=1S/C22H28N5.4ClH.Zn/c1-6-27(7-2)19-13-14-20(17(3)15-19)23-24-22-16-21(25(4)26(22)5)18-11-9-8-10-12-18;;;;;/h8-16H,6-7H2,1-5H3;4*1H;/q+1;;;;;+2/p-4. The number of nitrogens with zero attached hydrogens (tertiary/aromatic N) is 5. The van der Waals surface area contributed by atoms with Crippen molar-refractivity contribution < 1.29 is 73.8 Å². The van der Waals surface area contributed by atoms with E-state index < -0.39 is 0 Å². The zero-order valence-electron chi connectivity index (χ0n) is 19.1. The SMILES string of the molecule is CCN(CC)c1ccc(N=Nc2cc(-c3ccccc3)n(C)[n+]2C)c(C)c1.[Cl-].[Cl-].[Cl-].[Cl-].[Zn+2]. The molecule has 0 amide bonds. The van der Waals surface area contributed by atoms with Gasteiger partial charge in [-0.1, -0.05) is 30.3 Å². The molecule has 0 spiro atoms. The average Bonchev–Trinajstić information content (AvgIpc) is 2.97. The van der Waals surface area contributed by atoms with E-state index in [2.05, 4.69) is 70.9 Å². The molecule has 0 saturated carbocycles. The van der Waals surface area contributed by atoms with Gasteiger partial charge in [-0.15, -0.1) is 0 Å². The van der Waals surface area contributed by atoms with Crippen molar-refractivity contribution in [3.63, 3.8) is 0 Å². The summed E-state index contributed by atoms with van der Waals surface area (Å²) in [5.41, 5.74) is 5.53. The van der Waals surface area contributed by atoms with Crippen molar-refractivity contribution in [2.24, 2.45) is 24.3 Å². The van der Waals surface area contributed by atoms with Crippen molar-refractivity contribution in [1.29, 1.82) is 0 Å². The van der Waals surface area contributed by atoms with Gasteiger partial charge in [0.2, 0.25) is 0 Å². The van der Waals surface area contributed by atoms with Crippen LogP contribution in [0.25, 0.3) is 11.3 Å². The summed E-state index contributed by atoms with van der Waals surface area (Å²) in [6.45, 7) is 8.43. The van der Waals surface area contributed by atoms with Crippen LogP contribution in [0.15, 0.2) is 64.8 Å². The third-order valence-corrected chi connectivity index (χ3v) is 5.03. The van der Waals surface area contributed by atoms with Crippen molar-refractivity contribution in [1.82, 2.24) is 4.68 Å². The van der Waals surface area contributed by atoms with Crippen LogP contribution in [-0.2, 0) is 33.6 Å². The first kappa shape index (κ1) is 35.4. The first-order valence-corrected chi connectivity index (χ1v) is 9.44. The van der Waals surface area contributed by atoms with Crippen LogP contribution in [0.4, 0.5) is 17.2 Å². The van der Waals surface area contributed by atoms with Gasteiger partial charge >= 0.3 is 25.3 Å². The molecule has 0 unspecified atom stereocenters. The fraction of sp³-hybridized carbons (Fsp3) is 0.318. The maximum atomic E-state index is 4.51. The first-order valence-electron chi connectivity index (χ1n) is 9.44. The Hall–Kier alpha value is -1.17. The summed E-state index contributed by atoms with van der Waals surface area (Å²) < 4.78 is 4.09. The summed E-state index contributed by atoms with van der Waals surface area (Å²) in [6.07, 6.45) is 0. The van der Waals surface area contributed by atoms with Gasteiger partial charge in [0.05, 0.1) is 16.9 Å². The second-order valence-electron chi connectivity index (χ2n) is 6.64. The topological polar surface area (TPSA) is 36.8 Å². The van der Waals surface area contributed by atoms with Crippen LogP contribution in [0, 0.1) is 6.92 Å². The summed E-state index contributed by atoms with van der Waals surface area (Å²) in [5, 5.41) is 9.02. The van der Waals surface area contributed by atoms with E-state index in [1.807, 2.05) is 43.0 Å².